The van der Waals surface area contributed by atoms with Gasteiger partial charge in [0.05, 0.1) is 18.5 Å². The van der Waals surface area contributed by atoms with Gasteiger partial charge in [-0.2, -0.15) is 0 Å². The maximum absolute atomic E-state index is 11.4. The van der Waals surface area contributed by atoms with Crippen LogP contribution in [0.2, 0.25) is 0 Å². The maximum Gasteiger partial charge on any atom is 0.212 e. The summed E-state index contributed by atoms with van der Waals surface area (Å²) in [5, 5.41) is 4.63. The molecule has 0 unspecified atom stereocenters. The van der Waals surface area contributed by atoms with Gasteiger partial charge in [0.25, 0.3) is 0 Å². The van der Waals surface area contributed by atoms with Crippen LogP contribution in [0.15, 0.2) is 12.7 Å². The average Bonchev–Trinajstić information content (AvgIpc) is 2.21. The lowest BCUT2D eigenvalue weighted by Crippen LogP contribution is -2.35. The highest BCUT2D eigenvalue weighted by Crippen LogP contribution is 2.18. The van der Waals surface area contributed by atoms with Crippen LogP contribution in [-0.2, 0) is 19.5 Å². The number of allylic oxidation sites excluding steroid dienone is 1. The Morgan fingerprint density at radius 3 is 2.47 bits per heavy atom. The second-order valence-corrected chi connectivity index (χ2v) is 5.81. The van der Waals surface area contributed by atoms with Crippen LogP contribution in [0.5, 0.6) is 0 Å². The van der Waals surface area contributed by atoms with Crippen molar-refractivity contribution in [2.24, 2.45) is 11.1 Å². The standard InChI is InChI=1S/C11H23NO4S/c1-4-5-10(2)11(17(12,13)14)6-7-16-9-8-15-3/h4,10-11H,1,5-9H2,2-3H3,(H2,12,13,14)/t10-,11+/m1/s1. The number of ether oxygens (including phenoxy) is 2. The molecule has 0 aliphatic rings. The highest BCUT2D eigenvalue weighted by molar-refractivity contribution is 7.89. The van der Waals surface area contributed by atoms with Crippen LogP contribution in [0.25, 0.3) is 0 Å². The second kappa shape index (κ2) is 8.63. The van der Waals surface area contributed by atoms with Crippen molar-refractivity contribution in [1.82, 2.24) is 0 Å². The smallest absolute Gasteiger partial charge is 0.212 e. The van der Waals surface area contributed by atoms with Gasteiger partial charge < -0.3 is 9.47 Å². The number of methoxy groups -OCH3 is 1. The zero-order valence-corrected chi connectivity index (χ0v) is 11.4. The largest absolute Gasteiger partial charge is 0.382 e. The van der Waals surface area contributed by atoms with Crippen molar-refractivity contribution >= 4 is 10.0 Å². The van der Waals surface area contributed by atoms with E-state index in [0.717, 1.165) is 0 Å². The molecule has 0 bridgehead atoms. The molecule has 0 radical (unpaired) electrons. The molecule has 0 rings (SSSR count). The van der Waals surface area contributed by atoms with Gasteiger partial charge in [0.15, 0.2) is 0 Å². The van der Waals surface area contributed by atoms with Gasteiger partial charge in [0.2, 0.25) is 10.0 Å². The number of nitrogens with two attached hydrogens (primary N) is 1. The first kappa shape index (κ1) is 16.6. The SMILES string of the molecule is C=CC[C@@H](C)[C@H](CCOCCOC)S(N)(=O)=O. The van der Waals surface area contributed by atoms with Crippen LogP contribution in [0.4, 0.5) is 0 Å². The minimum Gasteiger partial charge on any atom is -0.382 e. The van der Waals surface area contributed by atoms with Crippen molar-refractivity contribution in [3.8, 4) is 0 Å². The lowest BCUT2D eigenvalue weighted by molar-refractivity contribution is 0.0678. The molecule has 0 aromatic carbocycles. The summed E-state index contributed by atoms with van der Waals surface area (Å²) in [5.74, 6) is -0.0477. The summed E-state index contributed by atoms with van der Waals surface area (Å²) in [6, 6.07) is 0. The number of sulfonamides is 1. The van der Waals surface area contributed by atoms with Crippen molar-refractivity contribution < 1.29 is 17.9 Å². The predicted octanol–water partition coefficient (Wildman–Crippen LogP) is 0.909. The lowest BCUT2D eigenvalue weighted by atomic mass is 10.0. The van der Waals surface area contributed by atoms with Gasteiger partial charge in [0, 0.05) is 13.7 Å². The first-order valence-electron chi connectivity index (χ1n) is 5.62. The first-order valence-corrected chi connectivity index (χ1v) is 7.23. The third-order valence-corrected chi connectivity index (χ3v) is 4.12. The average molecular weight is 265 g/mol. The van der Waals surface area contributed by atoms with E-state index in [9.17, 15) is 8.42 Å². The summed E-state index contributed by atoms with van der Waals surface area (Å²) in [5.41, 5.74) is 0. The van der Waals surface area contributed by atoms with E-state index >= 15 is 0 Å². The van der Waals surface area contributed by atoms with E-state index in [1.165, 1.54) is 0 Å². The lowest BCUT2D eigenvalue weighted by Gasteiger charge is -2.20. The Bertz CT molecular complexity index is 303. The van der Waals surface area contributed by atoms with Gasteiger partial charge in [-0.25, -0.2) is 13.6 Å². The molecule has 6 heteroatoms. The number of hydrogen-bond donors (Lipinski definition) is 1. The Labute approximate surface area is 104 Å². The van der Waals surface area contributed by atoms with Crippen molar-refractivity contribution in [3.63, 3.8) is 0 Å². The quantitative estimate of drug-likeness (QED) is 0.470. The van der Waals surface area contributed by atoms with Crippen LogP contribution in [0.3, 0.4) is 0 Å². The molecule has 17 heavy (non-hydrogen) atoms. The Kier molecular flexibility index (Phi) is 8.41. The van der Waals surface area contributed by atoms with Gasteiger partial charge >= 0.3 is 0 Å². The van der Waals surface area contributed by atoms with Crippen molar-refractivity contribution in [2.45, 2.75) is 25.0 Å². The monoisotopic (exact) mass is 265 g/mol. The Morgan fingerprint density at radius 1 is 1.35 bits per heavy atom. The van der Waals surface area contributed by atoms with Gasteiger partial charge in [-0.3, -0.25) is 0 Å². The summed E-state index contributed by atoms with van der Waals surface area (Å²) in [7, 11) is -1.95. The molecule has 0 saturated carbocycles. The minimum absolute atomic E-state index is 0.0477. The van der Waals surface area contributed by atoms with E-state index in [1.54, 1.807) is 13.2 Å². The molecule has 0 aliphatic heterocycles. The molecule has 0 aromatic rings. The van der Waals surface area contributed by atoms with Gasteiger partial charge in [-0.1, -0.05) is 13.0 Å². The van der Waals surface area contributed by atoms with Gasteiger partial charge in [-0.05, 0) is 18.8 Å². The molecule has 0 aliphatic carbocycles. The van der Waals surface area contributed by atoms with E-state index < -0.39 is 15.3 Å². The fourth-order valence-corrected chi connectivity index (χ4v) is 2.81. The number of hydrogen-bond acceptors (Lipinski definition) is 4. The Hall–Kier alpha value is -0.430. The summed E-state index contributed by atoms with van der Waals surface area (Å²) >= 11 is 0. The fourth-order valence-electron chi connectivity index (χ4n) is 1.63. The molecule has 0 spiro atoms. The zero-order chi connectivity index (χ0) is 13.3. The fraction of sp³-hybridized carbons (Fsp3) is 0.818. The van der Waals surface area contributed by atoms with Crippen LogP contribution >= 0.6 is 0 Å². The Balaban J connectivity index is 4.17. The van der Waals surface area contributed by atoms with E-state index in [4.69, 9.17) is 14.6 Å². The predicted molar refractivity (Wildman–Crippen MR) is 68.2 cm³/mol. The summed E-state index contributed by atoms with van der Waals surface area (Å²) in [6.07, 6.45) is 2.73. The molecular weight excluding hydrogens is 242 g/mol. The van der Waals surface area contributed by atoms with E-state index in [2.05, 4.69) is 6.58 Å². The molecule has 0 heterocycles. The topological polar surface area (TPSA) is 78.6 Å². The molecule has 102 valence electrons. The molecular formula is C11H23NO4S. The Morgan fingerprint density at radius 2 is 2.00 bits per heavy atom. The number of rotatable bonds is 10. The highest BCUT2D eigenvalue weighted by Gasteiger charge is 2.26. The molecule has 0 aromatic heterocycles. The molecule has 0 amide bonds. The van der Waals surface area contributed by atoms with Crippen LogP contribution < -0.4 is 5.14 Å². The van der Waals surface area contributed by atoms with Crippen molar-refractivity contribution in [2.75, 3.05) is 26.9 Å². The second-order valence-electron chi connectivity index (χ2n) is 4.02. The highest BCUT2D eigenvalue weighted by atomic mass is 32.2. The van der Waals surface area contributed by atoms with E-state index in [-0.39, 0.29) is 5.92 Å². The van der Waals surface area contributed by atoms with Crippen LogP contribution in [-0.4, -0.2) is 40.6 Å². The molecule has 0 fully saturated rings. The normalized spacial score (nSPS) is 15.5. The summed E-state index contributed by atoms with van der Waals surface area (Å²) < 4.78 is 32.9. The van der Waals surface area contributed by atoms with Gasteiger partial charge in [0.1, 0.15) is 0 Å². The third kappa shape index (κ3) is 7.49. The third-order valence-electron chi connectivity index (χ3n) is 2.57. The zero-order valence-electron chi connectivity index (χ0n) is 10.6. The molecule has 0 saturated heterocycles. The van der Waals surface area contributed by atoms with E-state index in [1.807, 2.05) is 6.92 Å². The molecule has 2 N–H and O–H groups in total. The maximum atomic E-state index is 11.4. The van der Waals surface area contributed by atoms with Crippen molar-refractivity contribution in [3.05, 3.63) is 12.7 Å². The first-order chi connectivity index (χ1) is 7.93. The van der Waals surface area contributed by atoms with Crippen LogP contribution in [0.1, 0.15) is 19.8 Å². The van der Waals surface area contributed by atoms with Crippen LogP contribution in [0, 0.1) is 5.92 Å². The molecule has 5 nitrogen and oxygen atoms in total. The molecule has 2 atom stereocenters. The van der Waals surface area contributed by atoms with E-state index in [0.29, 0.717) is 32.7 Å². The summed E-state index contributed by atoms with van der Waals surface area (Å²) in [6.45, 7) is 6.79. The van der Waals surface area contributed by atoms with Gasteiger partial charge in [-0.15, -0.1) is 6.58 Å². The minimum atomic E-state index is -3.54. The van der Waals surface area contributed by atoms with Crippen molar-refractivity contribution in [1.29, 1.82) is 0 Å². The summed E-state index contributed by atoms with van der Waals surface area (Å²) in [4.78, 5) is 0. The number of primary sulfonamides is 1.